The molecule has 3 unspecified atom stereocenters. The Labute approximate surface area is 224 Å². The van der Waals surface area contributed by atoms with Gasteiger partial charge in [0.05, 0.1) is 29.1 Å². The van der Waals surface area contributed by atoms with Gasteiger partial charge >= 0.3 is 0 Å². The van der Waals surface area contributed by atoms with Gasteiger partial charge in [-0.15, -0.1) is 5.10 Å². The number of nitrogens with one attached hydrogen (secondary N) is 2. The number of nitrogens with zero attached hydrogens (tertiary/aromatic N) is 7. The molecule has 1 aliphatic carbocycles. The maximum atomic E-state index is 13.6. The van der Waals surface area contributed by atoms with Crippen LogP contribution in [0.25, 0.3) is 39.0 Å². The second-order valence-corrected chi connectivity index (χ2v) is 10.5. The van der Waals surface area contributed by atoms with Crippen LogP contribution in [-0.4, -0.2) is 44.9 Å². The van der Waals surface area contributed by atoms with Gasteiger partial charge < -0.3 is 9.55 Å². The molecule has 12 heteroatoms. The smallest absolute Gasteiger partial charge is 0.252 e. The highest BCUT2D eigenvalue weighted by Gasteiger charge is 2.54. The highest BCUT2D eigenvalue weighted by atomic mass is 35.5. The first kappa shape index (κ1) is 21.8. The lowest BCUT2D eigenvalue weighted by atomic mass is 10.0. The lowest BCUT2D eigenvalue weighted by Crippen LogP contribution is -2.26. The fourth-order valence-corrected chi connectivity index (χ4v) is 6.19. The number of pyridine rings is 1. The average Bonchev–Trinajstić information content (AvgIpc) is 3.35. The van der Waals surface area contributed by atoms with Gasteiger partial charge in [0.1, 0.15) is 12.2 Å². The fourth-order valence-electron chi connectivity index (χ4n) is 5.77. The topological polar surface area (TPSA) is 123 Å². The molecule has 1 fully saturated rings. The summed E-state index contributed by atoms with van der Waals surface area (Å²) in [4.78, 5) is 21.7. The molecule has 1 saturated carbocycles. The summed E-state index contributed by atoms with van der Waals surface area (Å²) in [5, 5.41) is 20.5. The van der Waals surface area contributed by atoms with E-state index in [4.69, 9.17) is 23.2 Å². The van der Waals surface area contributed by atoms with E-state index in [-0.39, 0.29) is 23.4 Å². The molecule has 0 spiro atoms. The van der Waals surface area contributed by atoms with E-state index in [1.807, 2.05) is 34.9 Å². The molecule has 2 aliphatic rings. The normalized spacial score (nSPS) is 19.6. The zero-order valence-corrected chi connectivity index (χ0v) is 21.0. The third-order valence-corrected chi connectivity index (χ3v) is 8.06. The fraction of sp³-hybridized carbons (Fsp3) is 0.154. The molecular formula is C26H17Cl2N9O. The van der Waals surface area contributed by atoms with Crippen LogP contribution in [-0.2, 0) is 0 Å². The molecule has 10 nitrogen and oxygen atoms in total. The average molecular weight is 542 g/mol. The third-order valence-electron chi connectivity index (χ3n) is 7.55. The quantitative estimate of drug-likeness (QED) is 0.331. The van der Waals surface area contributed by atoms with Gasteiger partial charge in [0.2, 0.25) is 0 Å². The van der Waals surface area contributed by atoms with Gasteiger partial charge in [-0.3, -0.25) is 9.89 Å². The van der Waals surface area contributed by atoms with E-state index >= 15 is 0 Å². The number of aromatic nitrogens is 9. The van der Waals surface area contributed by atoms with Gasteiger partial charge in [0.15, 0.2) is 5.15 Å². The molecule has 38 heavy (non-hydrogen) atoms. The van der Waals surface area contributed by atoms with Crippen LogP contribution in [0.4, 0.5) is 0 Å². The van der Waals surface area contributed by atoms with E-state index in [1.165, 1.54) is 6.33 Å². The van der Waals surface area contributed by atoms with Crippen LogP contribution < -0.4 is 5.56 Å². The summed E-state index contributed by atoms with van der Waals surface area (Å²) in [5.41, 5.74) is 5.75. The SMILES string of the molecule is O=c1cc(-c2cc(Cl)ccc2-n2cnnn2)cc2n1C(c1nc(Cl)c(-c3ccc4[nH]ncc4c3)[nH]1)C1CC21. The minimum atomic E-state index is -0.209. The molecule has 0 radical (unpaired) electrons. The number of hydrogen-bond donors (Lipinski definition) is 2. The summed E-state index contributed by atoms with van der Waals surface area (Å²) in [5.74, 6) is 1.25. The lowest BCUT2D eigenvalue weighted by Gasteiger charge is -2.17. The van der Waals surface area contributed by atoms with Gasteiger partial charge in [0, 0.05) is 39.2 Å². The molecule has 2 N–H and O–H groups in total. The predicted molar refractivity (Wildman–Crippen MR) is 142 cm³/mol. The Hall–Kier alpha value is -4.28. The third kappa shape index (κ3) is 3.20. The number of benzene rings is 2. The Kier molecular flexibility index (Phi) is 4.50. The lowest BCUT2D eigenvalue weighted by molar-refractivity contribution is 0.515. The van der Waals surface area contributed by atoms with E-state index in [2.05, 4.69) is 41.8 Å². The Morgan fingerprint density at radius 3 is 2.82 bits per heavy atom. The van der Waals surface area contributed by atoms with E-state index in [0.29, 0.717) is 16.0 Å². The number of hydrogen-bond acceptors (Lipinski definition) is 6. The first-order valence-corrected chi connectivity index (χ1v) is 12.8. The van der Waals surface area contributed by atoms with Crippen molar-refractivity contribution in [2.75, 3.05) is 0 Å². The number of halogens is 2. The van der Waals surface area contributed by atoms with E-state index < -0.39 is 0 Å². The van der Waals surface area contributed by atoms with Crippen LogP contribution in [0.5, 0.6) is 0 Å². The first-order valence-electron chi connectivity index (χ1n) is 12.0. The molecular weight excluding hydrogens is 525 g/mol. The predicted octanol–water partition coefficient (Wildman–Crippen LogP) is 4.77. The molecule has 8 rings (SSSR count). The molecule has 2 aromatic carbocycles. The van der Waals surface area contributed by atoms with Crippen molar-refractivity contribution in [3.63, 3.8) is 0 Å². The summed E-state index contributed by atoms with van der Waals surface area (Å²) in [6.45, 7) is 0. The Morgan fingerprint density at radius 1 is 1.03 bits per heavy atom. The van der Waals surface area contributed by atoms with Gasteiger partial charge in [-0.2, -0.15) is 9.78 Å². The highest BCUT2D eigenvalue weighted by molar-refractivity contribution is 6.32. The van der Waals surface area contributed by atoms with Crippen LogP contribution in [0.2, 0.25) is 10.2 Å². The van der Waals surface area contributed by atoms with Gasteiger partial charge in [-0.05, 0) is 64.7 Å². The molecule has 0 saturated heterocycles. The van der Waals surface area contributed by atoms with E-state index in [1.54, 1.807) is 23.0 Å². The highest BCUT2D eigenvalue weighted by Crippen LogP contribution is 2.60. The summed E-state index contributed by atoms with van der Waals surface area (Å²) in [6, 6.07) is 14.9. The van der Waals surface area contributed by atoms with Crippen molar-refractivity contribution in [2.24, 2.45) is 5.92 Å². The minimum absolute atomic E-state index is 0.105. The number of aromatic amines is 2. The van der Waals surface area contributed by atoms with E-state index in [0.717, 1.165) is 51.1 Å². The Bertz CT molecular complexity index is 1940. The molecule has 0 bridgehead atoms. The van der Waals surface area contributed by atoms with Crippen molar-refractivity contribution in [2.45, 2.75) is 18.4 Å². The zero-order valence-electron chi connectivity index (χ0n) is 19.5. The Balaban J connectivity index is 1.22. The first-order chi connectivity index (χ1) is 18.5. The molecule has 1 aliphatic heterocycles. The summed E-state index contributed by atoms with van der Waals surface area (Å²) >= 11 is 13.0. The van der Waals surface area contributed by atoms with Crippen molar-refractivity contribution in [3.8, 4) is 28.1 Å². The second-order valence-electron chi connectivity index (χ2n) is 9.70. The van der Waals surface area contributed by atoms with E-state index in [9.17, 15) is 4.79 Å². The molecule has 5 heterocycles. The summed E-state index contributed by atoms with van der Waals surface area (Å²) in [7, 11) is 0. The van der Waals surface area contributed by atoms with Crippen molar-refractivity contribution >= 4 is 34.1 Å². The van der Waals surface area contributed by atoms with Gasteiger partial charge in [0.25, 0.3) is 5.56 Å². The van der Waals surface area contributed by atoms with Crippen LogP contribution in [0.15, 0.2) is 65.8 Å². The zero-order chi connectivity index (χ0) is 25.5. The van der Waals surface area contributed by atoms with Gasteiger partial charge in [-0.1, -0.05) is 29.3 Å². The summed E-state index contributed by atoms with van der Waals surface area (Å²) in [6.07, 6.45) is 4.27. The second kappa shape index (κ2) is 7.86. The molecule has 4 aromatic heterocycles. The number of imidazole rings is 1. The monoisotopic (exact) mass is 541 g/mol. The number of H-pyrrole nitrogens is 2. The van der Waals surface area contributed by atoms with Crippen LogP contribution in [0.3, 0.4) is 0 Å². The van der Waals surface area contributed by atoms with Crippen molar-refractivity contribution in [3.05, 3.63) is 93.1 Å². The molecule has 3 atom stereocenters. The standard InChI is InChI=1S/C26H17Cl2N9O/c27-15-2-4-20(36-11-30-34-35-36)16(8-15)13-6-21-17-9-18(17)24(37(21)22(38)7-13)26-31-23(25(28)32-26)12-1-3-19-14(5-12)10-29-33-19/h1-8,10-11,17-18,24H,9H2,(H,29,33)(H,31,32). The van der Waals surface area contributed by atoms with Crippen LogP contribution in [0, 0.1) is 5.92 Å². The minimum Gasteiger partial charge on any atom is -0.339 e. The van der Waals surface area contributed by atoms with Crippen LogP contribution >= 0.6 is 23.2 Å². The van der Waals surface area contributed by atoms with Gasteiger partial charge in [-0.25, -0.2) is 4.98 Å². The Morgan fingerprint density at radius 2 is 1.95 bits per heavy atom. The van der Waals surface area contributed by atoms with Crippen molar-refractivity contribution < 1.29 is 0 Å². The molecule has 6 aromatic rings. The number of rotatable bonds is 4. The molecule has 0 amide bonds. The number of tetrazole rings is 1. The molecule has 186 valence electrons. The number of fused-ring (bicyclic) bond motifs is 4. The van der Waals surface area contributed by atoms with Crippen LogP contribution in [0.1, 0.15) is 29.9 Å². The summed E-state index contributed by atoms with van der Waals surface area (Å²) < 4.78 is 3.41. The van der Waals surface area contributed by atoms with Crippen molar-refractivity contribution in [1.82, 2.24) is 44.9 Å². The van der Waals surface area contributed by atoms with Crippen molar-refractivity contribution in [1.29, 1.82) is 0 Å². The maximum Gasteiger partial charge on any atom is 0.252 e. The maximum absolute atomic E-state index is 13.6. The largest absolute Gasteiger partial charge is 0.339 e.